The highest BCUT2D eigenvalue weighted by atomic mass is 19.4. The topological polar surface area (TPSA) is 106 Å². The molecule has 0 unspecified atom stereocenters. The predicted molar refractivity (Wildman–Crippen MR) is 134 cm³/mol. The summed E-state index contributed by atoms with van der Waals surface area (Å²) in [6, 6.07) is 12.1. The van der Waals surface area contributed by atoms with Crippen LogP contribution in [-0.2, 0) is 12.6 Å². The van der Waals surface area contributed by atoms with Gasteiger partial charge < -0.3 is 9.80 Å². The molecule has 198 valence electrons. The van der Waals surface area contributed by atoms with Crippen LogP contribution in [0.1, 0.15) is 32.7 Å². The van der Waals surface area contributed by atoms with E-state index in [1.165, 1.54) is 23.2 Å². The molecule has 0 radical (unpaired) electrons. The van der Waals surface area contributed by atoms with Gasteiger partial charge in [-0.15, -0.1) is 0 Å². The van der Waals surface area contributed by atoms with Gasteiger partial charge >= 0.3 is 6.18 Å². The van der Waals surface area contributed by atoms with Gasteiger partial charge in [0.15, 0.2) is 0 Å². The molecule has 0 aliphatic carbocycles. The zero-order chi connectivity index (χ0) is 27.7. The molecule has 0 spiro atoms. The molecule has 2 aromatic heterocycles. The Hall–Kier alpha value is -4.79. The zero-order valence-corrected chi connectivity index (χ0v) is 20.3. The van der Waals surface area contributed by atoms with Crippen LogP contribution in [0.5, 0.6) is 0 Å². The summed E-state index contributed by atoms with van der Waals surface area (Å²) in [4.78, 5) is 33.1. The van der Waals surface area contributed by atoms with Crippen LogP contribution in [0.2, 0.25) is 0 Å². The molecule has 1 N–H and O–H groups in total. The number of pyridine rings is 1. The lowest BCUT2D eigenvalue weighted by atomic mass is 10.0. The quantitative estimate of drug-likeness (QED) is 0.397. The van der Waals surface area contributed by atoms with Crippen LogP contribution in [0.3, 0.4) is 0 Å². The first-order valence-electron chi connectivity index (χ1n) is 11.9. The monoisotopic (exact) mass is 536 g/mol. The van der Waals surface area contributed by atoms with Crippen molar-refractivity contribution in [2.45, 2.75) is 12.6 Å². The van der Waals surface area contributed by atoms with E-state index in [9.17, 15) is 27.2 Å². The van der Waals surface area contributed by atoms with Crippen LogP contribution < -0.4 is 10.5 Å². The van der Waals surface area contributed by atoms with Crippen molar-refractivity contribution >= 4 is 22.5 Å². The lowest BCUT2D eigenvalue weighted by Gasteiger charge is -2.35. The molecular formula is C27H20F4N6O2. The zero-order valence-electron chi connectivity index (χ0n) is 20.3. The first kappa shape index (κ1) is 25.8. The molecule has 12 heteroatoms. The maximum Gasteiger partial charge on any atom is 0.416 e. The molecule has 0 bridgehead atoms. The molecule has 3 heterocycles. The molecule has 0 saturated carbocycles. The number of anilines is 1. The minimum absolute atomic E-state index is 0.0262. The highest BCUT2D eigenvalue weighted by Gasteiger charge is 2.31. The van der Waals surface area contributed by atoms with Crippen molar-refractivity contribution in [2.24, 2.45) is 0 Å². The fourth-order valence-electron chi connectivity index (χ4n) is 4.52. The van der Waals surface area contributed by atoms with Crippen LogP contribution in [0.4, 0.5) is 23.4 Å². The Labute approximate surface area is 219 Å². The predicted octanol–water partition coefficient (Wildman–Crippen LogP) is 3.90. The number of rotatable bonds is 4. The average Bonchev–Trinajstić information content (AvgIpc) is 2.94. The summed E-state index contributed by atoms with van der Waals surface area (Å²) in [5, 5.41) is 15.2. The van der Waals surface area contributed by atoms with E-state index in [0.717, 1.165) is 24.3 Å². The lowest BCUT2D eigenvalue weighted by Crippen LogP contribution is -2.49. The molecule has 39 heavy (non-hydrogen) atoms. The molecule has 4 aromatic rings. The number of nitrogens with zero attached hydrogens (tertiary/aromatic N) is 5. The first-order valence-corrected chi connectivity index (χ1v) is 11.9. The average molecular weight is 536 g/mol. The molecule has 1 amide bonds. The maximum absolute atomic E-state index is 14.7. The number of amides is 1. The van der Waals surface area contributed by atoms with E-state index in [0.29, 0.717) is 43.1 Å². The third-order valence-corrected chi connectivity index (χ3v) is 6.60. The van der Waals surface area contributed by atoms with E-state index in [1.54, 1.807) is 12.1 Å². The van der Waals surface area contributed by atoms with E-state index < -0.39 is 29.0 Å². The number of alkyl halides is 3. The molecule has 1 saturated heterocycles. The van der Waals surface area contributed by atoms with Gasteiger partial charge in [-0.1, -0.05) is 6.07 Å². The number of H-pyrrole nitrogens is 1. The number of hydrogen-bond donors (Lipinski definition) is 1. The highest BCUT2D eigenvalue weighted by molar-refractivity contribution is 5.95. The molecule has 0 atom stereocenters. The van der Waals surface area contributed by atoms with Crippen LogP contribution in [0.15, 0.2) is 59.5 Å². The van der Waals surface area contributed by atoms with Crippen molar-refractivity contribution in [1.29, 1.82) is 5.26 Å². The molecular weight excluding hydrogens is 516 g/mol. The van der Waals surface area contributed by atoms with Crippen LogP contribution in [0.25, 0.3) is 10.8 Å². The standard InChI is InChI=1S/C27H20F4N6O2/c28-22-5-1-16(12-23-20-13-18(27(29,30)31)3-4-19(20)25(38)35-34-23)11-21(22)26(39)37-9-7-36(8-10-37)24-6-2-17(14-32)15-33-24/h1-6,11,13,15H,7-10,12H2,(H,35,38). The van der Waals surface area contributed by atoms with Crippen LogP contribution >= 0.6 is 0 Å². The van der Waals surface area contributed by atoms with Crippen molar-refractivity contribution in [3.05, 3.63) is 98.8 Å². The van der Waals surface area contributed by atoms with Crippen molar-refractivity contribution in [3.8, 4) is 6.07 Å². The summed E-state index contributed by atoms with van der Waals surface area (Å²) in [6.07, 6.45) is -3.17. The summed E-state index contributed by atoms with van der Waals surface area (Å²) < 4.78 is 54.6. The first-order chi connectivity index (χ1) is 18.6. The van der Waals surface area contributed by atoms with Crippen molar-refractivity contribution in [3.63, 3.8) is 0 Å². The van der Waals surface area contributed by atoms with Crippen molar-refractivity contribution < 1.29 is 22.4 Å². The van der Waals surface area contributed by atoms with E-state index >= 15 is 0 Å². The molecule has 1 aliphatic heterocycles. The van der Waals surface area contributed by atoms with E-state index in [2.05, 4.69) is 15.2 Å². The second kappa shape index (κ2) is 10.2. The largest absolute Gasteiger partial charge is 0.416 e. The molecule has 1 fully saturated rings. The van der Waals surface area contributed by atoms with Gasteiger partial charge in [0.1, 0.15) is 17.7 Å². The van der Waals surface area contributed by atoms with Gasteiger partial charge in [0.05, 0.1) is 27.8 Å². The van der Waals surface area contributed by atoms with Gasteiger partial charge in [0, 0.05) is 44.2 Å². The fourth-order valence-corrected chi connectivity index (χ4v) is 4.52. The summed E-state index contributed by atoms with van der Waals surface area (Å²) in [5.74, 6) is -0.567. The van der Waals surface area contributed by atoms with Gasteiger partial charge in [0.2, 0.25) is 0 Å². The molecule has 8 nitrogen and oxygen atoms in total. The number of carbonyl (C=O) groups excluding carboxylic acids is 1. The van der Waals surface area contributed by atoms with Crippen LogP contribution in [0, 0.1) is 17.1 Å². The van der Waals surface area contributed by atoms with Gasteiger partial charge in [-0.2, -0.15) is 23.5 Å². The number of nitrogens with one attached hydrogen (secondary N) is 1. The van der Waals surface area contributed by atoms with Gasteiger partial charge in [-0.25, -0.2) is 14.5 Å². The van der Waals surface area contributed by atoms with Crippen molar-refractivity contribution in [2.75, 3.05) is 31.1 Å². The summed E-state index contributed by atoms with van der Waals surface area (Å²) in [7, 11) is 0. The Morgan fingerprint density at radius 1 is 1.03 bits per heavy atom. The van der Waals surface area contributed by atoms with Crippen LogP contribution in [-0.4, -0.2) is 52.2 Å². The Balaban J connectivity index is 1.36. The van der Waals surface area contributed by atoms with E-state index in [4.69, 9.17) is 5.26 Å². The highest BCUT2D eigenvalue weighted by Crippen LogP contribution is 2.32. The number of aromatic nitrogens is 3. The minimum atomic E-state index is -4.61. The number of aromatic amines is 1. The van der Waals surface area contributed by atoms with Gasteiger partial charge in [-0.05, 0) is 48.0 Å². The number of piperazine rings is 1. The number of fused-ring (bicyclic) bond motifs is 1. The van der Waals surface area contributed by atoms with Crippen molar-refractivity contribution in [1.82, 2.24) is 20.1 Å². The van der Waals surface area contributed by atoms with Gasteiger partial charge in [-0.3, -0.25) is 9.59 Å². The number of hydrogen-bond acceptors (Lipinski definition) is 6. The maximum atomic E-state index is 14.7. The molecule has 1 aliphatic rings. The van der Waals surface area contributed by atoms with Gasteiger partial charge in [0.25, 0.3) is 11.5 Å². The minimum Gasteiger partial charge on any atom is -0.353 e. The Morgan fingerprint density at radius 3 is 2.46 bits per heavy atom. The second-order valence-corrected chi connectivity index (χ2v) is 9.04. The van der Waals surface area contributed by atoms with E-state index in [-0.39, 0.29) is 28.5 Å². The normalized spacial score (nSPS) is 13.9. The SMILES string of the molecule is N#Cc1ccc(N2CCN(C(=O)c3cc(Cc4n[nH]c(=O)c5ccc(C(F)(F)F)cc45)ccc3F)CC2)nc1. The smallest absolute Gasteiger partial charge is 0.353 e. The Morgan fingerprint density at radius 2 is 1.79 bits per heavy atom. The number of nitriles is 1. The summed E-state index contributed by atoms with van der Waals surface area (Å²) in [5.41, 5.74) is -0.680. The third kappa shape index (κ3) is 5.29. The van der Waals surface area contributed by atoms with E-state index in [1.807, 2.05) is 11.0 Å². The fraction of sp³-hybridized carbons (Fsp3) is 0.222. The summed E-state index contributed by atoms with van der Waals surface area (Å²) in [6.45, 7) is 1.55. The molecule has 5 rings (SSSR count). The summed E-state index contributed by atoms with van der Waals surface area (Å²) >= 11 is 0. The number of benzene rings is 2. The lowest BCUT2D eigenvalue weighted by molar-refractivity contribution is -0.137. The third-order valence-electron chi connectivity index (χ3n) is 6.60. The number of halogens is 4. The Bertz CT molecular complexity index is 1650. The number of carbonyl (C=O) groups is 1. The Kier molecular flexibility index (Phi) is 6.74. The molecule has 2 aromatic carbocycles. The second-order valence-electron chi connectivity index (χ2n) is 9.04.